The highest BCUT2D eigenvalue weighted by molar-refractivity contribution is 9.10. The van der Waals surface area contributed by atoms with Gasteiger partial charge in [-0.15, -0.1) is 0 Å². The number of anilines is 2. The minimum atomic E-state index is -0.952. The van der Waals surface area contributed by atoms with Crippen LogP contribution in [0.3, 0.4) is 0 Å². The number of amides is 3. The summed E-state index contributed by atoms with van der Waals surface area (Å²) in [5.41, 5.74) is 4.19. The quantitative estimate of drug-likeness (QED) is 0.355. The lowest BCUT2D eigenvalue weighted by Crippen LogP contribution is -2.33. The third-order valence-electron chi connectivity index (χ3n) is 3.61. The number of rotatable bonds is 5. The Kier molecular flexibility index (Phi) is 7.71. The Hall–Kier alpha value is -2.71. The Labute approximate surface area is 175 Å². The van der Waals surface area contributed by atoms with Gasteiger partial charge in [0.25, 0.3) is 0 Å². The number of hydrazone groups is 1. The van der Waals surface area contributed by atoms with Gasteiger partial charge in [0.05, 0.1) is 6.42 Å². The molecule has 0 atom stereocenters. The molecule has 0 fully saturated rings. The zero-order chi connectivity index (χ0) is 20.7. The standard InChI is InChI=1S/C19H18BrClN4O3/c1-11(10-17(26)22-14-8-6-13(20)7-9-14)24-25-19(28)18(27)23-16-5-3-4-15(21)12(16)2/h3-9H,10H2,1-2H3,(H,22,26)(H,23,27)(H,25,28)/b24-11-. The second-order valence-electron chi connectivity index (χ2n) is 5.89. The Balaban J connectivity index is 1.86. The summed E-state index contributed by atoms with van der Waals surface area (Å²) in [6.45, 7) is 3.29. The molecule has 2 aromatic carbocycles. The molecular formula is C19H18BrClN4O3. The van der Waals surface area contributed by atoms with Crippen LogP contribution in [-0.4, -0.2) is 23.4 Å². The van der Waals surface area contributed by atoms with E-state index in [4.69, 9.17) is 11.6 Å². The number of nitrogens with zero attached hydrogens (tertiary/aromatic N) is 1. The van der Waals surface area contributed by atoms with Crippen molar-refractivity contribution in [3.8, 4) is 0 Å². The van der Waals surface area contributed by atoms with Crippen LogP contribution in [0, 0.1) is 6.92 Å². The van der Waals surface area contributed by atoms with Crippen LogP contribution in [0.5, 0.6) is 0 Å². The van der Waals surface area contributed by atoms with Gasteiger partial charge in [0, 0.05) is 26.6 Å². The minimum absolute atomic E-state index is 0.0363. The third-order valence-corrected chi connectivity index (χ3v) is 4.55. The molecule has 146 valence electrons. The van der Waals surface area contributed by atoms with Gasteiger partial charge in [0.15, 0.2) is 0 Å². The SMILES string of the molecule is C/C(CC(=O)Nc1ccc(Br)cc1)=N/NC(=O)C(=O)Nc1cccc(Cl)c1C. The Bertz CT molecular complexity index is 929. The lowest BCUT2D eigenvalue weighted by molar-refractivity contribution is -0.136. The zero-order valence-electron chi connectivity index (χ0n) is 15.2. The van der Waals surface area contributed by atoms with E-state index in [1.54, 1.807) is 56.3 Å². The summed E-state index contributed by atoms with van der Waals surface area (Å²) in [6.07, 6.45) is -0.0363. The van der Waals surface area contributed by atoms with E-state index in [1.807, 2.05) is 0 Å². The van der Waals surface area contributed by atoms with Crippen LogP contribution < -0.4 is 16.1 Å². The van der Waals surface area contributed by atoms with Gasteiger partial charge in [-0.2, -0.15) is 5.10 Å². The van der Waals surface area contributed by atoms with E-state index in [2.05, 4.69) is 37.1 Å². The summed E-state index contributed by atoms with van der Waals surface area (Å²) >= 11 is 9.29. The second-order valence-corrected chi connectivity index (χ2v) is 7.21. The van der Waals surface area contributed by atoms with Crippen molar-refractivity contribution >= 4 is 62.3 Å². The maximum atomic E-state index is 12.0. The predicted octanol–water partition coefficient (Wildman–Crippen LogP) is 3.87. The first-order valence-corrected chi connectivity index (χ1v) is 9.38. The summed E-state index contributed by atoms with van der Waals surface area (Å²) in [6, 6.07) is 12.1. The molecule has 9 heteroatoms. The van der Waals surface area contributed by atoms with Crippen molar-refractivity contribution in [3.63, 3.8) is 0 Å². The highest BCUT2D eigenvalue weighted by Crippen LogP contribution is 2.22. The molecule has 0 aliphatic rings. The van der Waals surface area contributed by atoms with Crippen molar-refractivity contribution in [1.82, 2.24) is 5.43 Å². The maximum Gasteiger partial charge on any atom is 0.329 e. The summed E-state index contributed by atoms with van der Waals surface area (Å²) < 4.78 is 0.900. The van der Waals surface area contributed by atoms with Crippen LogP contribution in [0.1, 0.15) is 18.9 Å². The number of hydrogen-bond acceptors (Lipinski definition) is 4. The van der Waals surface area contributed by atoms with Crippen LogP contribution in [-0.2, 0) is 14.4 Å². The van der Waals surface area contributed by atoms with Gasteiger partial charge in [-0.3, -0.25) is 14.4 Å². The van der Waals surface area contributed by atoms with Gasteiger partial charge in [0.1, 0.15) is 0 Å². The van der Waals surface area contributed by atoms with E-state index in [-0.39, 0.29) is 12.3 Å². The van der Waals surface area contributed by atoms with Crippen LogP contribution in [0.2, 0.25) is 5.02 Å². The molecule has 0 heterocycles. The van der Waals surface area contributed by atoms with Crippen molar-refractivity contribution in [2.45, 2.75) is 20.3 Å². The van der Waals surface area contributed by atoms with E-state index >= 15 is 0 Å². The molecule has 0 aliphatic carbocycles. The van der Waals surface area contributed by atoms with Crippen molar-refractivity contribution in [3.05, 3.63) is 57.5 Å². The normalized spacial score (nSPS) is 10.9. The van der Waals surface area contributed by atoms with E-state index in [0.717, 1.165) is 4.47 Å². The summed E-state index contributed by atoms with van der Waals surface area (Å²) in [4.78, 5) is 35.8. The van der Waals surface area contributed by atoms with Crippen LogP contribution in [0.4, 0.5) is 11.4 Å². The molecule has 3 amide bonds. The lowest BCUT2D eigenvalue weighted by Gasteiger charge is -2.09. The number of nitrogens with one attached hydrogen (secondary N) is 3. The average Bonchev–Trinajstić information content (AvgIpc) is 2.65. The van der Waals surface area contributed by atoms with Gasteiger partial charge in [-0.25, -0.2) is 5.43 Å². The first-order valence-electron chi connectivity index (χ1n) is 8.21. The zero-order valence-corrected chi connectivity index (χ0v) is 17.5. The molecule has 2 aromatic rings. The monoisotopic (exact) mass is 464 g/mol. The first-order chi connectivity index (χ1) is 13.3. The van der Waals surface area contributed by atoms with E-state index in [9.17, 15) is 14.4 Å². The highest BCUT2D eigenvalue weighted by Gasteiger charge is 2.15. The van der Waals surface area contributed by atoms with Gasteiger partial charge >= 0.3 is 11.8 Å². The van der Waals surface area contributed by atoms with Crippen molar-refractivity contribution in [2.75, 3.05) is 10.6 Å². The van der Waals surface area contributed by atoms with E-state index in [1.165, 1.54) is 0 Å². The molecule has 0 radical (unpaired) electrons. The molecule has 0 bridgehead atoms. The van der Waals surface area contributed by atoms with Gasteiger partial charge in [-0.1, -0.05) is 33.6 Å². The van der Waals surface area contributed by atoms with Gasteiger partial charge < -0.3 is 10.6 Å². The third kappa shape index (κ3) is 6.47. The van der Waals surface area contributed by atoms with Gasteiger partial charge in [-0.05, 0) is 55.8 Å². The molecule has 0 aliphatic heterocycles. The molecule has 0 saturated carbocycles. The molecule has 28 heavy (non-hydrogen) atoms. The summed E-state index contributed by atoms with van der Waals surface area (Å²) in [7, 11) is 0. The molecule has 0 aromatic heterocycles. The number of hydrogen-bond donors (Lipinski definition) is 3. The molecule has 0 spiro atoms. The van der Waals surface area contributed by atoms with Crippen molar-refractivity contribution in [1.29, 1.82) is 0 Å². The lowest BCUT2D eigenvalue weighted by atomic mass is 10.2. The topological polar surface area (TPSA) is 99.7 Å². The minimum Gasteiger partial charge on any atom is -0.326 e. The highest BCUT2D eigenvalue weighted by atomic mass is 79.9. The van der Waals surface area contributed by atoms with Crippen LogP contribution in [0.25, 0.3) is 0 Å². The molecule has 0 unspecified atom stereocenters. The fourth-order valence-corrected chi connectivity index (χ4v) is 2.57. The van der Waals surface area contributed by atoms with Crippen molar-refractivity contribution < 1.29 is 14.4 Å². The van der Waals surface area contributed by atoms with Crippen LogP contribution >= 0.6 is 27.5 Å². The van der Waals surface area contributed by atoms with Crippen molar-refractivity contribution in [2.24, 2.45) is 5.10 Å². The molecule has 3 N–H and O–H groups in total. The molecular weight excluding hydrogens is 448 g/mol. The fourth-order valence-electron chi connectivity index (χ4n) is 2.13. The van der Waals surface area contributed by atoms with Crippen LogP contribution in [0.15, 0.2) is 52.0 Å². The van der Waals surface area contributed by atoms with Gasteiger partial charge in [0.2, 0.25) is 5.91 Å². The first kappa shape index (κ1) is 21.6. The smallest absolute Gasteiger partial charge is 0.326 e. The van der Waals surface area contributed by atoms with E-state index in [0.29, 0.717) is 27.7 Å². The number of carbonyl (C=O) groups excluding carboxylic acids is 3. The average molecular weight is 466 g/mol. The number of halogens is 2. The number of benzene rings is 2. The summed E-state index contributed by atoms with van der Waals surface area (Å²) in [5.74, 6) is -2.13. The Morgan fingerprint density at radius 1 is 1.04 bits per heavy atom. The summed E-state index contributed by atoms with van der Waals surface area (Å²) in [5, 5.41) is 9.43. The fraction of sp³-hybridized carbons (Fsp3) is 0.158. The second kappa shape index (κ2) is 10.0. The Morgan fingerprint density at radius 3 is 2.39 bits per heavy atom. The van der Waals surface area contributed by atoms with E-state index < -0.39 is 11.8 Å². The predicted molar refractivity (Wildman–Crippen MR) is 113 cm³/mol. The molecule has 2 rings (SSSR count). The molecule has 0 saturated heterocycles. The number of carbonyl (C=O) groups is 3. The molecule has 7 nitrogen and oxygen atoms in total. The maximum absolute atomic E-state index is 12.0. The largest absolute Gasteiger partial charge is 0.329 e. The Morgan fingerprint density at radius 2 is 1.71 bits per heavy atom.